The van der Waals surface area contributed by atoms with Crippen LogP contribution in [0.2, 0.25) is 0 Å². The summed E-state index contributed by atoms with van der Waals surface area (Å²) in [6, 6.07) is 0.456. The van der Waals surface area contributed by atoms with Gasteiger partial charge in [0.15, 0.2) is 11.7 Å². The zero-order chi connectivity index (χ0) is 14.8. The second-order valence-corrected chi connectivity index (χ2v) is 5.78. The maximum atomic E-state index is 12.4. The van der Waals surface area contributed by atoms with Crippen molar-refractivity contribution in [2.75, 3.05) is 13.6 Å². The molecule has 1 heterocycles. The maximum absolute atomic E-state index is 12.4. The number of hydrogen-bond donors (Lipinski definition) is 2. The Morgan fingerprint density at radius 3 is 2.75 bits per heavy atom. The van der Waals surface area contributed by atoms with Gasteiger partial charge in [-0.15, -0.1) is 11.3 Å². The molecule has 4 nitrogen and oxygen atoms in total. The normalized spacial score (nSPS) is 22.8. The van der Waals surface area contributed by atoms with Gasteiger partial charge in [0, 0.05) is 31.4 Å². The first-order valence-electron chi connectivity index (χ1n) is 6.39. The third kappa shape index (κ3) is 4.09. The minimum absolute atomic E-state index is 0.446. The molecule has 112 valence electrons. The average Bonchev–Trinajstić information content (AvgIpc) is 2.88. The van der Waals surface area contributed by atoms with Crippen molar-refractivity contribution in [3.63, 3.8) is 0 Å². The molecule has 0 bridgehead atoms. The fraction of sp³-hybridized carbons (Fsp3) is 0.667. The van der Waals surface area contributed by atoms with Gasteiger partial charge in [0.25, 0.3) is 0 Å². The third-order valence-electron chi connectivity index (χ3n) is 3.13. The van der Waals surface area contributed by atoms with Crippen molar-refractivity contribution >= 4 is 17.3 Å². The van der Waals surface area contributed by atoms with Crippen LogP contribution in [0.15, 0.2) is 10.4 Å². The quantitative estimate of drug-likeness (QED) is 0.663. The van der Waals surface area contributed by atoms with E-state index in [4.69, 9.17) is 0 Å². The van der Waals surface area contributed by atoms with Gasteiger partial charge in [-0.25, -0.2) is 4.98 Å². The van der Waals surface area contributed by atoms with Gasteiger partial charge in [0.1, 0.15) is 0 Å². The highest BCUT2D eigenvalue weighted by Crippen LogP contribution is 2.30. The molecular formula is C12H17F3N4S. The molecule has 0 saturated heterocycles. The van der Waals surface area contributed by atoms with Gasteiger partial charge in [-0.3, -0.25) is 4.99 Å². The van der Waals surface area contributed by atoms with Crippen LogP contribution in [0, 0.1) is 5.92 Å². The van der Waals surface area contributed by atoms with Gasteiger partial charge in [-0.05, 0) is 12.3 Å². The molecule has 0 spiro atoms. The second kappa shape index (κ2) is 5.99. The lowest BCUT2D eigenvalue weighted by atomic mass is 10.4. The predicted octanol–water partition coefficient (Wildman–Crippen LogP) is 2.28. The van der Waals surface area contributed by atoms with Crippen LogP contribution >= 0.6 is 11.3 Å². The van der Waals surface area contributed by atoms with Crippen molar-refractivity contribution in [2.24, 2.45) is 10.9 Å². The molecule has 2 unspecified atom stereocenters. The summed E-state index contributed by atoms with van der Waals surface area (Å²) < 4.78 is 37.2. The molecule has 0 aromatic carbocycles. The summed E-state index contributed by atoms with van der Waals surface area (Å²) in [5.74, 6) is 1.34. The smallest absolute Gasteiger partial charge is 0.356 e. The molecule has 2 N–H and O–H groups in total. The van der Waals surface area contributed by atoms with Crippen molar-refractivity contribution in [2.45, 2.75) is 32.0 Å². The number of rotatable bonds is 4. The van der Waals surface area contributed by atoms with E-state index in [0.29, 0.717) is 35.9 Å². The Bertz CT molecular complexity index is 483. The molecule has 0 amide bonds. The molecule has 1 aromatic rings. The lowest BCUT2D eigenvalue weighted by Gasteiger charge is -2.10. The Balaban J connectivity index is 1.76. The topological polar surface area (TPSA) is 49.3 Å². The number of guanidine groups is 1. The SMILES string of the molecule is CN=C(NCCc1nc(C(F)(F)F)cs1)NC1CC1C. The molecule has 1 aromatic heterocycles. The average molecular weight is 306 g/mol. The Hall–Kier alpha value is -1.31. The summed E-state index contributed by atoms with van der Waals surface area (Å²) in [7, 11) is 1.67. The largest absolute Gasteiger partial charge is 0.434 e. The first-order chi connectivity index (χ1) is 9.40. The molecule has 8 heteroatoms. The van der Waals surface area contributed by atoms with Crippen LogP contribution < -0.4 is 10.6 Å². The van der Waals surface area contributed by atoms with Crippen LogP contribution in [0.4, 0.5) is 13.2 Å². The van der Waals surface area contributed by atoms with Gasteiger partial charge in [0.05, 0.1) is 5.01 Å². The summed E-state index contributed by atoms with van der Waals surface area (Å²) in [4.78, 5) is 7.66. The molecule has 1 aliphatic carbocycles. The van der Waals surface area contributed by atoms with E-state index >= 15 is 0 Å². The summed E-state index contributed by atoms with van der Waals surface area (Å²) in [5, 5.41) is 7.85. The monoisotopic (exact) mass is 306 g/mol. The fourth-order valence-electron chi connectivity index (χ4n) is 1.74. The standard InChI is InChI=1S/C12H17F3N4S/c1-7-5-8(7)18-11(16-2)17-4-3-10-19-9(6-20-10)12(13,14)15/h6-8H,3-5H2,1-2H3,(H2,16,17,18). The zero-order valence-electron chi connectivity index (χ0n) is 11.3. The maximum Gasteiger partial charge on any atom is 0.434 e. The van der Waals surface area contributed by atoms with Crippen LogP contribution in [0.25, 0.3) is 0 Å². The van der Waals surface area contributed by atoms with E-state index in [1.807, 2.05) is 0 Å². The van der Waals surface area contributed by atoms with Crippen LogP contribution in [-0.2, 0) is 12.6 Å². The molecule has 20 heavy (non-hydrogen) atoms. The lowest BCUT2D eigenvalue weighted by Crippen LogP contribution is -2.39. The number of nitrogens with zero attached hydrogens (tertiary/aromatic N) is 2. The molecule has 0 aliphatic heterocycles. The van der Waals surface area contributed by atoms with Crippen LogP contribution in [0.1, 0.15) is 24.0 Å². The number of nitrogens with one attached hydrogen (secondary N) is 2. The van der Waals surface area contributed by atoms with E-state index in [0.717, 1.165) is 23.1 Å². The van der Waals surface area contributed by atoms with Gasteiger partial charge in [-0.1, -0.05) is 6.92 Å². The van der Waals surface area contributed by atoms with Crippen LogP contribution in [-0.4, -0.2) is 30.6 Å². The summed E-state index contributed by atoms with van der Waals surface area (Å²) in [5.41, 5.74) is -0.813. The highest BCUT2D eigenvalue weighted by Gasteiger charge is 2.34. The van der Waals surface area contributed by atoms with E-state index in [1.54, 1.807) is 7.05 Å². The third-order valence-corrected chi connectivity index (χ3v) is 4.04. The predicted molar refractivity (Wildman–Crippen MR) is 72.9 cm³/mol. The summed E-state index contributed by atoms with van der Waals surface area (Å²) in [6.45, 7) is 2.66. The Labute approximate surface area is 119 Å². The number of alkyl halides is 3. The van der Waals surface area contributed by atoms with Gasteiger partial charge >= 0.3 is 6.18 Å². The molecule has 0 radical (unpaired) electrons. The number of hydrogen-bond acceptors (Lipinski definition) is 3. The van der Waals surface area contributed by atoms with Gasteiger partial charge in [-0.2, -0.15) is 13.2 Å². The van der Waals surface area contributed by atoms with E-state index in [1.165, 1.54) is 0 Å². The van der Waals surface area contributed by atoms with Crippen LogP contribution in [0.5, 0.6) is 0 Å². The minimum atomic E-state index is -4.36. The van der Waals surface area contributed by atoms with E-state index in [-0.39, 0.29) is 0 Å². The van der Waals surface area contributed by atoms with E-state index in [9.17, 15) is 13.2 Å². The molecule has 1 fully saturated rings. The number of aromatic nitrogens is 1. The lowest BCUT2D eigenvalue weighted by molar-refractivity contribution is -0.140. The highest BCUT2D eigenvalue weighted by atomic mass is 32.1. The zero-order valence-corrected chi connectivity index (χ0v) is 12.1. The fourth-order valence-corrected chi connectivity index (χ4v) is 2.54. The number of halogens is 3. The molecule has 1 saturated carbocycles. The first kappa shape index (κ1) is 15.1. The van der Waals surface area contributed by atoms with Crippen molar-refractivity contribution in [3.8, 4) is 0 Å². The van der Waals surface area contributed by atoms with E-state index in [2.05, 4.69) is 27.5 Å². The summed E-state index contributed by atoms with van der Waals surface area (Å²) >= 11 is 1.03. The van der Waals surface area contributed by atoms with Crippen molar-refractivity contribution in [1.29, 1.82) is 0 Å². The number of aliphatic imine (C=N–C) groups is 1. The van der Waals surface area contributed by atoms with Crippen molar-refractivity contribution in [1.82, 2.24) is 15.6 Å². The highest BCUT2D eigenvalue weighted by molar-refractivity contribution is 7.09. The Kier molecular flexibility index (Phi) is 4.52. The van der Waals surface area contributed by atoms with Crippen molar-refractivity contribution < 1.29 is 13.2 Å². The molecule has 2 rings (SSSR count). The number of thiazole rings is 1. The summed E-state index contributed by atoms with van der Waals surface area (Å²) in [6.07, 6.45) is -2.79. The Morgan fingerprint density at radius 2 is 2.25 bits per heavy atom. The van der Waals surface area contributed by atoms with Gasteiger partial charge < -0.3 is 10.6 Å². The van der Waals surface area contributed by atoms with Crippen LogP contribution in [0.3, 0.4) is 0 Å². The first-order valence-corrected chi connectivity index (χ1v) is 7.27. The van der Waals surface area contributed by atoms with E-state index < -0.39 is 11.9 Å². The molecular weight excluding hydrogens is 289 g/mol. The minimum Gasteiger partial charge on any atom is -0.356 e. The molecule has 2 atom stereocenters. The Morgan fingerprint density at radius 1 is 1.55 bits per heavy atom. The second-order valence-electron chi connectivity index (χ2n) is 4.84. The van der Waals surface area contributed by atoms with Crippen molar-refractivity contribution in [3.05, 3.63) is 16.1 Å². The van der Waals surface area contributed by atoms with Gasteiger partial charge in [0.2, 0.25) is 0 Å². The molecule has 1 aliphatic rings.